The molecule has 0 fully saturated rings. The molecule has 6 heteroatoms. The van der Waals surface area contributed by atoms with Crippen molar-refractivity contribution in [1.29, 1.82) is 0 Å². The molecule has 0 bridgehead atoms. The van der Waals surface area contributed by atoms with Crippen molar-refractivity contribution in [2.24, 2.45) is 0 Å². The normalized spacial score (nSPS) is 12.9. The minimum Gasteiger partial charge on any atom is -0.491 e. The number of amides is 2. The zero-order valence-corrected chi connectivity index (χ0v) is 15.2. The van der Waals surface area contributed by atoms with E-state index in [1.807, 2.05) is 48.5 Å². The number of aliphatic hydroxyl groups excluding tert-OH is 1. The maximum Gasteiger partial charge on any atom is 0.227 e. The molecule has 2 N–H and O–H groups in total. The van der Waals surface area contributed by atoms with Gasteiger partial charge in [0.05, 0.1) is 18.9 Å². The monoisotopic (exact) mass is 368 g/mol. The van der Waals surface area contributed by atoms with Gasteiger partial charge in [0.1, 0.15) is 5.75 Å². The zero-order valence-electron chi connectivity index (χ0n) is 15.2. The topological polar surface area (TPSA) is 78.9 Å². The molecule has 0 atom stereocenters. The highest BCUT2D eigenvalue weighted by atomic mass is 16.5. The van der Waals surface area contributed by atoms with Crippen LogP contribution in [-0.2, 0) is 16.0 Å². The van der Waals surface area contributed by atoms with Crippen LogP contribution in [-0.4, -0.2) is 36.7 Å². The number of fused-ring (bicyclic) bond motifs is 1. The quantitative estimate of drug-likeness (QED) is 0.702. The Hall–Kier alpha value is -2.86. The molecule has 142 valence electrons. The number of aryl methyl sites for hydroxylation is 1. The molecule has 6 nitrogen and oxygen atoms in total. The molecular formula is C21H24N2O4. The third kappa shape index (κ3) is 4.86. The van der Waals surface area contributed by atoms with E-state index < -0.39 is 0 Å². The molecule has 0 aliphatic carbocycles. The summed E-state index contributed by atoms with van der Waals surface area (Å²) in [5.74, 6) is 0.585. The molecule has 1 aliphatic heterocycles. The minimum absolute atomic E-state index is 0.00349. The van der Waals surface area contributed by atoms with Crippen LogP contribution >= 0.6 is 0 Å². The number of para-hydroxylation sites is 2. The summed E-state index contributed by atoms with van der Waals surface area (Å²) in [5.41, 5.74) is 2.59. The summed E-state index contributed by atoms with van der Waals surface area (Å²) in [5, 5.41) is 12.1. The number of carbonyl (C=O) groups is 2. The van der Waals surface area contributed by atoms with E-state index in [1.165, 1.54) is 0 Å². The number of rotatable bonds is 8. The zero-order chi connectivity index (χ0) is 19.1. The number of nitrogens with one attached hydrogen (secondary N) is 1. The number of ether oxygens (including phenoxy) is 1. The third-order valence-corrected chi connectivity index (χ3v) is 4.48. The first-order valence-corrected chi connectivity index (χ1v) is 9.20. The smallest absolute Gasteiger partial charge is 0.227 e. The maximum atomic E-state index is 12.5. The lowest BCUT2D eigenvalue weighted by Gasteiger charge is -2.22. The largest absolute Gasteiger partial charge is 0.491 e. The SMILES string of the molecule is O=C1CCc2cccc(OCCCC(=O)N(CCO)c3ccccc3)c2N1. The van der Waals surface area contributed by atoms with E-state index in [0.29, 0.717) is 38.0 Å². The van der Waals surface area contributed by atoms with Crippen molar-refractivity contribution in [2.75, 3.05) is 30.0 Å². The van der Waals surface area contributed by atoms with Crippen LogP contribution in [0, 0.1) is 0 Å². The molecule has 2 amide bonds. The molecule has 0 saturated heterocycles. The molecule has 27 heavy (non-hydrogen) atoms. The Morgan fingerprint density at radius 3 is 2.70 bits per heavy atom. The second-order valence-corrected chi connectivity index (χ2v) is 6.39. The van der Waals surface area contributed by atoms with Crippen LogP contribution in [0.2, 0.25) is 0 Å². The number of nitrogens with zero attached hydrogens (tertiary/aromatic N) is 1. The van der Waals surface area contributed by atoms with Gasteiger partial charge >= 0.3 is 0 Å². The van der Waals surface area contributed by atoms with E-state index in [1.54, 1.807) is 4.90 Å². The molecular weight excluding hydrogens is 344 g/mol. The number of hydrogen-bond acceptors (Lipinski definition) is 4. The Kier molecular flexibility index (Phi) is 6.44. The lowest BCUT2D eigenvalue weighted by atomic mass is 10.0. The van der Waals surface area contributed by atoms with E-state index in [4.69, 9.17) is 4.74 Å². The first-order valence-electron chi connectivity index (χ1n) is 9.20. The summed E-state index contributed by atoms with van der Waals surface area (Å²) >= 11 is 0. The molecule has 0 radical (unpaired) electrons. The van der Waals surface area contributed by atoms with Crippen LogP contribution in [0.1, 0.15) is 24.8 Å². The average molecular weight is 368 g/mol. The van der Waals surface area contributed by atoms with Crippen molar-refractivity contribution in [3.8, 4) is 5.75 Å². The number of carbonyl (C=O) groups excluding carboxylic acids is 2. The van der Waals surface area contributed by atoms with Gasteiger partial charge in [-0.05, 0) is 36.6 Å². The Morgan fingerprint density at radius 2 is 1.93 bits per heavy atom. The summed E-state index contributed by atoms with van der Waals surface area (Å²) in [6.45, 7) is 0.550. The fourth-order valence-electron chi connectivity index (χ4n) is 3.14. The van der Waals surface area contributed by atoms with Gasteiger partial charge in [0.25, 0.3) is 0 Å². The van der Waals surface area contributed by atoms with E-state index >= 15 is 0 Å². The lowest BCUT2D eigenvalue weighted by molar-refractivity contribution is -0.119. The van der Waals surface area contributed by atoms with Crippen LogP contribution < -0.4 is 15.0 Å². The number of benzene rings is 2. The van der Waals surface area contributed by atoms with Crippen molar-refractivity contribution in [1.82, 2.24) is 0 Å². The highest BCUT2D eigenvalue weighted by Crippen LogP contribution is 2.32. The van der Waals surface area contributed by atoms with Gasteiger partial charge in [-0.2, -0.15) is 0 Å². The Morgan fingerprint density at radius 1 is 1.11 bits per heavy atom. The molecule has 0 spiro atoms. The second kappa shape index (κ2) is 9.19. The van der Waals surface area contributed by atoms with Crippen molar-refractivity contribution >= 4 is 23.2 Å². The van der Waals surface area contributed by atoms with E-state index in [2.05, 4.69) is 5.32 Å². The summed E-state index contributed by atoms with van der Waals surface area (Å²) in [7, 11) is 0. The number of aliphatic hydroxyl groups is 1. The molecule has 2 aromatic rings. The number of hydrogen-bond donors (Lipinski definition) is 2. The Labute approximate surface area is 158 Å². The summed E-state index contributed by atoms with van der Waals surface area (Å²) < 4.78 is 5.81. The van der Waals surface area contributed by atoms with Crippen molar-refractivity contribution in [3.63, 3.8) is 0 Å². The molecule has 0 aromatic heterocycles. The summed E-state index contributed by atoms with van der Waals surface area (Å²) in [6, 6.07) is 15.0. The van der Waals surface area contributed by atoms with E-state index in [0.717, 1.165) is 16.9 Å². The fraction of sp³-hybridized carbons (Fsp3) is 0.333. The van der Waals surface area contributed by atoms with Crippen LogP contribution in [0.25, 0.3) is 0 Å². The summed E-state index contributed by atoms with van der Waals surface area (Å²) in [6.07, 6.45) is 2.07. The predicted molar refractivity (Wildman–Crippen MR) is 104 cm³/mol. The van der Waals surface area contributed by atoms with E-state index in [-0.39, 0.29) is 25.0 Å². The minimum atomic E-state index is -0.0903. The van der Waals surface area contributed by atoms with Gasteiger partial charge in [0.15, 0.2) is 0 Å². The first-order chi connectivity index (χ1) is 13.2. The van der Waals surface area contributed by atoms with E-state index in [9.17, 15) is 14.7 Å². The van der Waals surface area contributed by atoms with Crippen LogP contribution in [0.15, 0.2) is 48.5 Å². The summed E-state index contributed by atoms with van der Waals surface area (Å²) in [4.78, 5) is 25.7. The molecule has 1 aliphatic rings. The van der Waals surface area contributed by atoms with Crippen LogP contribution in [0.4, 0.5) is 11.4 Å². The maximum absolute atomic E-state index is 12.5. The molecule has 0 unspecified atom stereocenters. The van der Waals surface area contributed by atoms with Gasteiger partial charge in [-0.15, -0.1) is 0 Å². The van der Waals surface area contributed by atoms with Gasteiger partial charge in [-0.3, -0.25) is 9.59 Å². The van der Waals surface area contributed by atoms with Crippen LogP contribution in [0.3, 0.4) is 0 Å². The van der Waals surface area contributed by atoms with Crippen molar-refractivity contribution < 1.29 is 19.4 Å². The van der Waals surface area contributed by atoms with Gasteiger partial charge < -0.3 is 20.1 Å². The molecule has 3 rings (SSSR count). The number of anilines is 2. The Bertz CT molecular complexity index is 792. The van der Waals surface area contributed by atoms with Gasteiger partial charge in [-0.1, -0.05) is 30.3 Å². The fourth-order valence-corrected chi connectivity index (χ4v) is 3.14. The highest BCUT2D eigenvalue weighted by Gasteiger charge is 2.19. The lowest BCUT2D eigenvalue weighted by Crippen LogP contribution is -2.33. The molecule has 0 saturated carbocycles. The van der Waals surface area contributed by atoms with Gasteiger partial charge in [0.2, 0.25) is 11.8 Å². The van der Waals surface area contributed by atoms with Crippen molar-refractivity contribution in [2.45, 2.75) is 25.7 Å². The third-order valence-electron chi connectivity index (χ3n) is 4.48. The predicted octanol–water partition coefficient (Wildman–Crippen LogP) is 2.76. The van der Waals surface area contributed by atoms with Gasteiger partial charge in [-0.25, -0.2) is 0 Å². The highest BCUT2D eigenvalue weighted by molar-refractivity contribution is 5.95. The van der Waals surface area contributed by atoms with Gasteiger partial charge in [0, 0.05) is 25.1 Å². The average Bonchev–Trinajstić information content (AvgIpc) is 2.70. The standard InChI is InChI=1S/C21H24N2O4/c24-14-13-23(17-7-2-1-3-8-17)20(26)10-5-15-27-18-9-4-6-16-11-12-19(25)22-21(16)18/h1-4,6-9,24H,5,10-15H2,(H,22,25). The van der Waals surface area contributed by atoms with Crippen molar-refractivity contribution in [3.05, 3.63) is 54.1 Å². The molecule has 1 heterocycles. The van der Waals surface area contributed by atoms with Crippen LogP contribution in [0.5, 0.6) is 5.75 Å². The molecule has 2 aromatic carbocycles. The second-order valence-electron chi connectivity index (χ2n) is 6.39. The first kappa shape index (κ1) is 18.9. The Balaban J connectivity index is 1.54.